The van der Waals surface area contributed by atoms with Crippen LogP contribution in [0.4, 0.5) is 5.13 Å². The van der Waals surface area contributed by atoms with Gasteiger partial charge in [0.15, 0.2) is 10.1 Å². The molecule has 4 aromatic rings. The highest BCUT2D eigenvalue weighted by molar-refractivity contribution is 8.01. The first-order chi connectivity index (χ1) is 14.2. The summed E-state index contributed by atoms with van der Waals surface area (Å²) < 4.78 is 12.2. The van der Waals surface area contributed by atoms with Crippen LogP contribution in [-0.2, 0) is 4.79 Å². The number of anilines is 1. The standard InChI is InChI=1S/C19H15N5O3S2/c20-18-21-22-19(29-18)28-10-17(25)24-13(15-6-3-7-26-15)9-12(23-24)16-8-11-4-1-2-5-14(11)27-16/h1-8,13H,9-10H2,(H2,20,21). The second-order valence-electron chi connectivity index (χ2n) is 6.36. The number of fused-ring (bicyclic) bond motifs is 1. The molecule has 1 amide bonds. The van der Waals surface area contributed by atoms with Crippen molar-refractivity contribution in [3.8, 4) is 0 Å². The lowest BCUT2D eigenvalue weighted by molar-refractivity contribution is -0.130. The van der Waals surface area contributed by atoms with E-state index in [1.165, 1.54) is 28.1 Å². The number of para-hydroxylation sites is 1. The molecular formula is C19H15N5O3S2. The Labute approximate surface area is 173 Å². The van der Waals surface area contributed by atoms with E-state index in [9.17, 15) is 4.79 Å². The highest BCUT2D eigenvalue weighted by Gasteiger charge is 2.36. The van der Waals surface area contributed by atoms with Crippen LogP contribution in [0.25, 0.3) is 11.0 Å². The van der Waals surface area contributed by atoms with Crippen LogP contribution in [0.15, 0.2) is 67.0 Å². The van der Waals surface area contributed by atoms with Gasteiger partial charge < -0.3 is 14.6 Å². The van der Waals surface area contributed by atoms with Gasteiger partial charge in [-0.1, -0.05) is 41.3 Å². The Morgan fingerprint density at radius 1 is 1.28 bits per heavy atom. The number of benzene rings is 1. The fraction of sp³-hybridized carbons (Fsp3) is 0.158. The van der Waals surface area contributed by atoms with E-state index in [1.54, 1.807) is 12.3 Å². The first-order valence-corrected chi connectivity index (χ1v) is 10.6. The first-order valence-electron chi connectivity index (χ1n) is 8.81. The van der Waals surface area contributed by atoms with E-state index in [1.807, 2.05) is 36.4 Å². The van der Waals surface area contributed by atoms with Gasteiger partial charge in [0.2, 0.25) is 5.13 Å². The van der Waals surface area contributed by atoms with Gasteiger partial charge in [0.1, 0.15) is 23.1 Å². The van der Waals surface area contributed by atoms with Crippen molar-refractivity contribution in [2.24, 2.45) is 5.10 Å². The van der Waals surface area contributed by atoms with Crippen LogP contribution in [0.1, 0.15) is 24.0 Å². The van der Waals surface area contributed by atoms with Gasteiger partial charge in [0, 0.05) is 11.8 Å². The molecule has 0 spiro atoms. The Morgan fingerprint density at radius 2 is 2.17 bits per heavy atom. The summed E-state index contributed by atoms with van der Waals surface area (Å²) in [6.45, 7) is 0. The lowest BCUT2D eigenvalue weighted by atomic mass is 10.1. The van der Waals surface area contributed by atoms with E-state index in [0.717, 1.165) is 11.0 Å². The van der Waals surface area contributed by atoms with Crippen molar-refractivity contribution in [3.05, 3.63) is 60.2 Å². The molecule has 0 fully saturated rings. The average molecular weight is 425 g/mol. The largest absolute Gasteiger partial charge is 0.467 e. The van der Waals surface area contributed by atoms with Gasteiger partial charge in [-0.25, -0.2) is 5.01 Å². The molecule has 0 saturated carbocycles. The number of carbonyl (C=O) groups excluding carboxylic acids is 1. The van der Waals surface area contributed by atoms with Crippen molar-refractivity contribution in [1.29, 1.82) is 0 Å². The molecule has 5 rings (SSSR count). The number of rotatable bonds is 5. The molecule has 0 saturated heterocycles. The van der Waals surface area contributed by atoms with Crippen molar-refractivity contribution >= 4 is 50.8 Å². The summed E-state index contributed by atoms with van der Waals surface area (Å²) in [6, 6.07) is 13.0. The normalized spacial score (nSPS) is 16.5. The number of nitrogens with two attached hydrogens (primary N) is 1. The van der Waals surface area contributed by atoms with Crippen molar-refractivity contribution in [3.63, 3.8) is 0 Å². The van der Waals surface area contributed by atoms with Crippen LogP contribution in [-0.4, -0.2) is 32.6 Å². The Kier molecular flexibility index (Phi) is 4.57. The fourth-order valence-electron chi connectivity index (χ4n) is 3.18. The number of nitrogens with zero attached hydrogens (tertiary/aromatic N) is 4. The number of amides is 1. The minimum atomic E-state index is -0.319. The van der Waals surface area contributed by atoms with E-state index < -0.39 is 0 Å². The summed E-state index contributed by atoms with van der Waals surface area (Å²) >= 11 is 2.54. The minimum absolute atomic E-state index is 0.156. The third kappa shape index (κ3) is 3.52. The van der Waals surface area contributed by atoms with Crippen LogP contribution >= 0.6 is 23.1 Å². The summed E-state index contributed by atoms with van der Waals surface area (Å²) in [5, 5.41) is 15.1. The number of furan rings is 2. The lowest BCUT2D eigenvalue weighted by Gasteiger charge is -2.19. The molecule has 0 bridgehead atoms. The van der Waals surface area contributed by atoms with Crippen LogP contribution in [0.2, 0.25) is 0 Å². The Bertz CT molecular complexity index is 1160. The molecule has 8 nitrogen and oxygen atoms in total. The molecule has 1 unspecified atom stereocenters. The predicted octanol–water partition coefficient (Wildman–Crippen LogP) is 3.93. The molecular weight excluding hydrogens is 410 g/mol. The van der Waals surface area contributed by atoms with Gasteiger partial charge in [-0.05, 0) is 24.3 Å². The molecule has 29 heavy (non-hydrogen) atoms. The minimum Gasteiger partial charge on any atom is -0.467 e. The summed E-state index contributed by atoms with van der Waals surface area (Å²) in [5.74, 6) is 1.35. The second-order valence-corrected chi connectivity index (χ2v) is 8.60. The molecule has 146 valence electrons. The number of carbonyl (C=O) groups is 1. The second kappa shape index (κ2) is 7.37. The number of hydrogen-bond acceptors (Lipinski definition) is 9. The zero-order valence-electron chi connectivity index (χ0n) is 15.0. The topological polar surface area (TPSA) is 111 Å². The third-order valence-corrected chi connectivity index (χ3v) is 6.36. The van der Waals surface area contributed by atoms with Gasteiger partial charge in [0.05, 0.1) is 12.0 Å². The predicted molar refractivity (Wildman–Crippen MR) is 111 cm³/mol. The maximum atomic E-state index is 12.9. The van der Waals surface area contributed by atoms with Crippen LogP contribution < -0.4 is 5.73 Å². The molecule has 0 radical (unpaired) electrons. The molecule has 1 aliphatic rings. The molecule has 1 aromatic carbocycles. The van der Waals surface area contributed by atoms with E-state index in [4.69, 9.17) is 14.6 Å². The lowest BCUT2D eigenvalue weighted by Crippen LogP contribution is -2.28. The van der Waals surface area contributed by atoms with Crippen molar-refractivity contribution in [1.82, 2.24) is 15.2 Å². The van der Waals surface area contributed by atoms with E-state index >= 15 is 0 Å². The average Bonchev–Trinajstić information content (AvgIpc) is 3.51. The number of hydrazone groups is 1. The SMILES string of the molecule is Nc1nnc(SCC(=O)N2N=C(c3cc4ccccc4o3)CC2c2ccco2)s1. The van der Waals surface area contributed by atoms with Gasteiger partial charge in [-0.2, -0.15) is 5.10 Å². The number of thioether (sulfide) groups is 1. The van der Waals surface area contributed by atoms with Crippen molar-refractivity contribution in [2.45, 2.75) is 16.8 Å². The van der Waals surface area contributed by atoms with E-state index in [2.05, 4.69) is 15.3 Å². The monoisotopic (exact) mass is 425 g/mol. The molecule has 10 heteroatoms. The highest BCUT2D eigenvalue weighted by atomic mass is 32.2. The Balaban J connectivity index is 1.42. The third-order valence-electron chi connectivity index (χ3n) is 4.49. The van der Waals surface area contributed by atoms with Gasteiger partial charge in [-0.15, -0.1) is 10.2 Å². The molecule has 3 aromatic heterocycles. The maximum absolute atomic E-state index is 12.9. The van der Waals surface area contributed by atoms with Crippen LogP contribution in [0.3, 0.4) is 0 Å². The fourth-order valence-corrected chi connectivity index (χ4v) is 4.67. The summed E-state index contributed by atoms with van der Waals surface area (Å²) in [6.07, 6.45) is 2.10. The summed E-state index contributed by atoms with van der Waals surface area (Å²) in [5.41, 5.74) is 7.09. The Morgan fingerprint density at radius 3 is 2.93 bits per heavy atom. The van der Waals surface area contributed by atoms with Crippen LogP contribution in [0, 0.1) is 0 Å². The zero-order valence-corrected chi connectivity index (χ0v) is 16.7. The van der Waals surface area contributed by atoms with Gasteiger partial charge in [-0.3, -0.25) is 4.79 Å². The molecule has 1 aliphatic heterocycles. The maximum Gasteiger partial charge on any atom is 0.253 e. The quantitative estimate of drug-likeness (QED) is 0.482. The van der Waals surface area contributed by atoms with Crippen LogP contribution in [0.5, 0.6) is 0 Å². The van der Waals surface area contributed by atoms with Crippen molar-refractivity contribution < 1.29 is 13.6 Å². The van der Waals surface area contributed by atoms with Gasteiger partial charge >= 0.3 is 0 Å². The molecule has 4 heterocycles. The Hall–Kier alpha value is -3.11. The number of nitrogen functional groups attached to an aromatic ring is 1. The molecule has 1 atom stereocenters. The summed E-state index contributed by atoms with van der Waals surface area (Å²) in [7, 11) is 0. The number of aromatic nitrogens is 2. The summed E-state index contributed by atoms with van der Waals surface area (Å²) in [4.78, 5) is 12.9. The van der Waals surface area contributed by atoms with Gasteiger partial charge in [0.25, 0.3) is 5.91 Å². The van der Waals surface area contributed by atoms with E-state index in [0.29, 0.717) is 33.1 Å². The molecule has 2 N–H and O–H groups in total. The first kappa shape index (κ1) is 18.0. The molecule has 0 aliphatic carbocycles. The van der Waals surface area contributed by atoms with E-state index in [-0.39, 0.29) is 17.7 Å². The highest BCUT2D eigenvalue weighted by Crippen LogP contribution is 2.35. The number of hydrogen-bond donors (Lipinski definition) is 1. The smallest absolute Gasteiger partial charge is 0.253 e. The van der Waals surface area contributed by atoms with Crippen molar-refractivity contribution in [2.75, 3.05) is 11.5 Å². The zero-order chi connectivity index (χ0) is 19.8.